The van der Waals surface area contributed by atoms with Gasteiger partial charge >= 0.3 is 5.97 Å². The number of ether oxygens (including phenoxy) is 2. The van der Waals surface area contributed by atoms with Gasteiger partial charge in [0, 0.05) is 36.3 Å². The average molecular weight is 648 g/mol. The minimum atomic E-state index is -0.799. The first-order chi connectivity index (χ1) is 22.4. The molecule has 1 saturated heterocycles. The summed E-state index contributed by atoms with van der Waals surface area (Å²) in [5.41, 5.74) is 3.88. The van der Waals surface area contributed by atoms with Gasteiger partial charge in [-0.15, -0.1) is 5.10 Å². The number of hydrogen-bond donors (Lipinski definition) is 4. The molecule has 3 atom stereocenters. The van der Waals surface area contributed by atoms with Crippen LogP contribution in [0, 0.1) is 0 Å². The molecule has 4 N–H and O–H groups in total. The maximum atomic E-state index is 12.6. The molecule has 12 nitrogen and oxygen atoms in total. The van der Waals surface area contributed by atoms with E-state index in [0.29, 0.717) is 42.3 Å². The summed E-state index contributed by atoms with van der Waals surface area (Å²) < 4.78 is 14.5. The van der Waals surface area contributed by atoms with Crippen molar-refractivity contribution in [1.29, 1.82) is 0 Å². The zero-order valence-corrected chi connectivity index (χ0v) is 26.0. The number of carboxylic acids is 1. The molecule has 0 saturated carbocycles. The third kappa shape index (κ3) is 9.36. The molecule has 5 rings (SSSR count). The van der Waals surface area contributed by atoms with Gasteiger partial charge in [0.1, 0.15) is 5.75 Å². The van der Waals surface area contributed by atoms with Crippen molar-refractivity contribution in [2.75, 3.05) is 11.1 Å². The van der Waals surface area contributed by atoms with Crippen LogP contribution in [0.4, 0.5) is 5.69 Å². The van der Waals surface area contributed by atoms with E-state index in [-0.39, 0.29) is 36.9 Å². The Morgan fingerprint density at radius 3 is 2.43 bits per heavy atom. The number of phenolic OH excluding ortho intramolecular Hbond substituents is 1. The highest BCUT2D eigenvalue weighted by atomic mass is 32.2. The van der Waals surface area contributed by atoms with E-state index in [0.717, 1.165) is 35.2 Å². The first kappa shape index (κ1) is 33.1. The molecule has 3 aromatic carbocycles. The summed E-state index contributed by atoms with van der Waals surface area (Å²) in [5, 5.41) is 43.6. The molecule has 0 bridgehead atoms. The van der Waals surface area contributed by atoms with Crippen LogP contribution < -0.4 is 5.32 Å². The zero-order valence-electron chi connectivity index (χ0n) is 25.2. The second-order valence-corrected chi connectivity index (χ2v) is 12.0. The van der Waals surface area contributed by atoms with Crippen LogP contribution in [-0.4, -0.2) is 59.3 Å². The Kier molecular flexibility index (Phi) is 11.7. The van der Waals surface area contributed by atoms with Crippen molar-refractivity contribution >= 4 is 29.3 Å². The van der Waals surface area contributed by atoms with Crippen LogP contribution in [0.5, 0.6) is 5.75 Å². The fraction of sp³-hybridized carbons (Fsp3) is 0.364. The summed E-state index contributed by atoms with van der Waals surface area (Å²) in [6.45, 7) is -0.0458. The van der Waals surface area contributed by atoms with Crippen molar-refractivity contribution < 1.29 is 34.4 Å². The van der Waals surface area contributed by atoms with Gasteiger partial charge in [0.05, 0.1) is 24.5 Å². The van der Waals surface area contributed by atoms with E-state index in [9.17, 15) is 19.8 Å². The molecule has 0 aliphatic carbocycles. The number of amides is 1. The van der Waals surface area contributed by atoms with Crippen molar-refractivity contribution in [3.63, 3.8) is 0 Å². The number of unbranched alkanes of at least 4 members (excludes halogenated alkanes) is 3. The Bertz CT molecular complexity index is 1580. The van der Waals surface area contributed by atoms with Crippen molar-refractivity contribution in [2.45, 2.75) is 75.2 Å². The van der Waals surface area contributed by atoms with Crippen LogP contribution in [0.25, 0.3) is 5.69 Å². The summed E-state index contributed by atoms with van der Waals surface area (Å²) in [5.74, 6) is -0.221. The molecule has 0 spiro atoms. The topological polar surface area (TPSA) is 169 Å². The summed E-state index contributed by atoms with van der Waals surface area (Å²) in [4.78, 5) is 23.3. The van der Waals surface area contributed by atoms with E-state index in [4.69, 9.17) is 14.6 Å². The van der Waals surface area contributed by atoms with Gasteiger partial charge in [-0.1, -0.05) is 61.0 Å². The lowest BCUT2D eigenvalue weighted by Gasteiger charge is -2.36. The molecule has 1 aliphatic rings. The van der Waals surface area contributed by atoms with Gasteiger partial charge in [-0.2, -0.15) is 4.68 Å². The Balaban J connectivity index is 1.26. The van der Waals surface area contributed by atoms with Crippen molar-refractivity contribution in [3.8, 4) is 11.4 Å². The highest BCUT2D eigenvalue weighted by Gasteiger charge is 2.33. The number of carbonyl (C=O) groups excluding carboxylic acids is 1. The molecule has 1 aromatic heterocycles. The van der Waals surface area contributed by atoms with Gasteiger partial charge in [0.15, 0.2) is 6.29 Å². The van der Waals surface area contributed by atoms with E-state index in [2.05, 4.69) is 20.8 Å². The van der Waals surface area contributed by atoms with Gasteiger partial charge in [0.25, 0.3) is 0 Å². The number of thioether (sulfide) groups is 1. The number of anilines is 1. The Morgan fingerprint density at radius 2 is 1.70 bits per heavy atom. The van der Waals surface area contributed by atoms with E-state index >= 15 is 0 Å². The predicted octanol–water partition coefficient (Wildman–Crippen LogP) is 5.56. The van der Waals surface area contributed by atoms with Gasteiger partial charge in [0.2, 0.25) is 11.1 Å². The highest BCUT2D eigenvalue weighted by Crippen LogP contribution is 2.40. The van der Waals surface area contributed by atoms with E-state index in [1.54, 1.807) is 28.9 Å². The molecule has 242 valence electrons. The van der Waals surface area contributed by atoms with Crippen LogP contribution in [-0.2, 0) is 25.7 Å². The summed E-state index contributed by atoms with van der Waals surface area (Å²) in [7, 11) is 0. The molecule has 1 fully saturated rings. The van der Waals surface area contributed by atoms with Crippen molar-refractivity contribution in [2.24, 2.45) is 0 Å². The fourth-order valence-electron chi connectivity index (χ4n) is 5.12. The SMILES string of the molecule is O=C(O)CCCCCCC(=O)Nc1cccc([C@@H]2O[C@H](CSc3nnnn3-c3ccc(O)cc3)C[C@H](c3ccc(CO)cc3)O2)c1. The summed E-state index contributed by atoms with van der Waals surface area (Å²) in [6, 6.07) is 21.7. The van der Waals surface area contributed by atoms with Crippen molar-refractivity contribution in [1.82, 2.24) is 20.2 Å². The lowest BCUT2D eigenvalue weighted by Crippen LogP contribution is -2.31. The number of aliphatic carboxylic acids is 1. The normalized spacial score (nSPS) is 17.9. The lowest BCUT2D eigenvalue weighted by molar-refractivity contribution is -0.245. The minimum Gasteiger partial charge on any atom is -0.508 e. The maximum Gasteiger partial charge on any atom is 0.303 e. The molecule has 1 amide bonds. The quantitative estimate of drug-likeness (QED) is 0.0941. The Morgan fingerprint density at radius 1 is 0.935 bits per heavy atom. The highest BCUT2D eigenvalue weighted by molar-refractivity contribution is 7.99. The summed E-state index contributed by atoms with van der Waals surface area (Å²) in [6.07, 6.45) is 2.72. The lowest BCUT2D eigenvalue weighted by atomic mass is 10.0. The smallest absolute Gasteiger partial charge is 0.303 e. The first-order valence-corrected chi connectivity index (χ1v) is 16.2. The van der Waals surface area contributed by atoms with Crippen LogP contribution in [0.1, 0.15) is 74.0 Å². The third-order valence-corrected chi connectivity index (χ3v) is 8.59. The number of rotatable bonds is 15. The van der Waals surface area contributed by atoms with E-state index < -0.39 is 12.3 Å². The maximum absolute atomic E-state index is 12.6. The predicted molar refractivity (Wildman–Crippen MR) is 170 cm³/mol. The Hall–Kier alpha value is -4.30. The standard InChI is InChI=1S/C33H37N5O7S/c39-20-22-10-12-23(13-11-22)29-19-28(21-46-33-35-36-37-38(33)26-14-16-27(40)17-15-26)44-32(45-29)24-6-5-7-25(18-24)34-30(41)8-3-1-2-4-9-31(42)43/h5-7,10-18,28-29,32,39-40H,1-4,8-9,19-21H2,(H,34,41)(H,42,43)/t28-,29+,32+/m0/s1. The van der Waals surface area contributed by atoms with E-state index in [1.165, 1.54) is 11.8 Å². The number of nitrogens with zero attached hydrogens (tertiary/aromatic N) is 4. The zero-order chi connectivity index (χ0) is 32.3. The second kappa shape index (κ2) is 16.3. The van der Waals surface area contributed by atoms with Crippen LogP contribution in [0.3, 0.4) is 0 Å². The molecule has 1 aliphatic heterocycles. The number of carboxylic acid groups (broad SMARTS) is 1. The van der Waals surface area contributed by atoms with Gasteiger partial charge in [-0.05, 0) is 70.8 Å². The summed E-state index contributed by atoms with van der Waals surface area (Å²) >= 11 is 1.45. The number of phenols is 1. The van der Waals surface area contributed by atoms with Crippen LogP contribution in [0.15, 0.2) is 78.0 Å². The molecular weight excluding hydrogens is 610 g/mol. The van der Waals surface area contributed by atoms with Crippen LogP contribution >= 0.6 is 11.8 Å². The average Bonchev–Trinajstić information content (AvgIpc) is 3.54. The third-order valence-electron chi connectivity index (χ3n) is 7.54. The first-order valence-electron chi connectivity index (χ1n) is 15.2. The fourth-order valence-corrected chi connectivity index (χ4v) is 6.02. The monoisotopic (exact) mass is 647 g/mol. The van der Waals surface area contributed by atoms with Crippen LogP contribution in [0.2, 0.25) is 0 Å². The largest absolute Gasteiger partial charge is 0.508 e. The molecule has 0 unspecified atom stereocenters. The molecule has 13 heteroatoms. The van der Waals surface area contributed by atoms with Gasteiger partial charge in [-0.3, -0.25) is 9.59 Å². The number of hydrogen-bond acceptors (Lipinski definition) is 10. The number of benzene rings is 3. The number of carbonyl (C=O) groups is 2. The molecule has 4 aromatic rings. The molecular formula is C33H37N5O7S. The molecule has 0 radical (unpaired) electrons. The number of tetrazole rings is 1. The molecule has 2 heterocycles. The number of aromatic hydroxyl groups is 1. The second-order valence-electron chi connectivity index (χ2n) is 11.0. The number of aliphatic hydroxyl groups excluding tert-OH is 1. The number of aromatic nitrogens is 4. The Labute approximate surface area is 270 Å². The minimum absolute atomic E-state index is 0.0458. The number of nitrogens with one attached hydrogen (secondary N) is 1. The number of aliphatic hydroxyl groups is 1. The van der Waals surface area contributed by atoms with Gasteiger partial charge in [-0.25, -0.2) is 0 Å². The molecule has 46 heavy (non-hydrogen) atoms. The van der Waals surface area contributed by atoms with Crippen molar-refractivity contribution in [3.05, 3.63) is 89.5 Å². The van der Waals surface area contributed by atoms with E-state index in [1.807, 2.05) is 48.5 Å². The van der Waals surface area contributed by atoms with Gasteiger partial charge < -0.3 is 30.1 Å².